The lowest BCUT2D eigenvalue weighted by molar-refractivity contribution is 0.627. The molecule has 2 rings (SSSR count). The highest BCUT2D eigenvalue weighted by Gasteiger charge is 2.10. The topological polar surface area (TPSA) is 37.8 Å². The van der Waals surface area contributed by atoms with Crippen molar-refractivity contribution in [3.8, 4) is 11.4 Å². The quantitative estimate of drug-likeness (QED) is 0.914. The van der Waals surface area contributed by atoms with E-state index in [1.54, 1.807) is 6.07 Å². The molecule has 0 atom stereocenters. The molecule has 0 aliphatic rings. The van der Waals surface area contributed by atoms with Crippen molar-refractivity contribution in [3.63, 3.8) is 0 Å². The van der Waals surface area contributed by atoms with E-state index < -0.39 is 0 Å². The molecule has 3 nitrogen and oxygen atoms in total. The molecule has 1 N–H and O–H groups in total. The summed E-state index contributed by atoms with van der Waals surface area (Å²) >= 11 is 4.63. The Hall–Kier alpha value is -1.01. The largest absolute Gasteiger partial charge is 0.360 e. The summed E-state index contributed by atoms with van der Waals surface area (Å²) in [7, 11) is 0. The summed E-state index contributed by atoms with van der Waals surface area (Å²) < 4.78 is 17.9. The molecule has 1 heterocycles. The van der Waals surface area contributed by atoms with Crippen LogP contribution in [0.5, 0.6) is 0 Å². The molecule has 0 spiro atoms. The average Bonchev–Trinajstić information content (AvgIpc) is 2.75. The lowest BCUT2D eigenvalue weighted by atomic mass is 10.2. The maximum absolute atomic E-state index is 13.0. The van der Waals surface area contributed by atoms with E-state index in [-0.39, 0.29) is 5.82 Å². The monoisotopic (exact) mass is 329 g/mol. The molecule has 1 aromatic carbocycles. The molecule has 18 heavy (non-hydrogen) atoms. The highest BCUT2D eigenvalue weighted by Crippen LogP contribution is 2.28. The number of hydrogen-bond donors (Lipinski definition) is 1. The number of aromatic nitrogens is 2. The molecule has 0 saturated carbocycles. The first-order valence-electron chi connectivity index (χ1n) is 5.59. The molecule has 96 valence electrons. The van der Waals surface area contributed by atoms with Crippen molar-refractivity contribution in [1.29, 1.82) is 0 Å². The molecule has 2 aromatic rings. The zero-order chi connectivity index (χ0) is 13.1. The van der Waals surface area contributed by atoms with Gasteiger partial charge in [0.1, 0.15) is 5.82 Å². The van der Waals surface area contributed by atoms with Crippen LogP contribution < -0.4 is 5.32 Å². The number of benzene rings is 1. The van der Waals surface area contributed by atoms with Gasteiger partial charge in [-0.3, -0.25) is 0 Å². The standard InChI is InChI=1S/C12H13BrFN3S/c1-7(2)6-15-12-16-11(17-18-12)9-4-3-8(14)5-10(9)13/h3-5,7H,6H2,1-2H3,(H,15,16,17). The van der Waals surface area contributed by atoms with Gasteiger partial charge >= 0.3 is 0 Å². The fourth-order valence-corrected chi connectivity index (χ4v) is 2.48. The molecule has 1 aromatic heterocycles. The number of halogens is 2. The first-order chi connectivity index (χ1) is 8.56. The summed E-state index contributed by atoms with van der Waals surface area (Å²) in [6.07, 6.45) is 0. The average molecular weight is 330 g/mol. The number of nitrogens with one attached hydrogen (secondary N) is 1. The maximum atomic E-state index is 13.0. The molecule has 0 bridgehead atoms. The van der Waals surface area contributed by atoms with Gasteiger partial charge < -0.3 is 5.32 Å². The summed E-state index contributed by atoms with van der Waals surface area (Å²) in [5, 5.41) is 4.01. The number of anilines is 1. The Morgan fingerprint density at radius 1 is 1.44 bits per heavy atom. The SMILES string of the molecule is CC(C)CNc1nc(-c2ccc(F)cc2Br)ns1. The van der Waals surface area contributed by atoms with Crippen molar-refractivity contribution in [2.75, 3.05) is 11.9 Å². The summed E-state index contributed by atoms with van der Waals surface area (Å²) in [6.45, 7) is 5.12. The van der Waals surface area contributed by atoms with Crippen molar-refractivity contribution in [3.05, 3.63) is 28.5 Å². The van der Waals surface area contributed by atoms with Gasteiger partial charge in [0, 0.05) is 28.1 Å². The van der Waals surface area contributed by atoms with Crippen molar-refractivity contribution in [2.45, 2.75) is 13.8 Å². The van der Waals surface area contributed by atoms with Gasteiger partial charge in [0.05, 0.1) is 0 Å². The van der Waals surface area contributed by atoms with Crippen LogP contribution in [0.3, 0.4) is 0 Å². The van der Waals surface area contributed by atoms with Gasteiger partial charge in [-0.25, -0.2) is 4.39 Å². The molecule has 0 aliphatic carbocycles. The Bertz CT molecular complexity index is 542. The lowest BCUT2D eigenvalue weighted by Crippen LogP contribution is -2.07. The Kier molecular flexibility index (Phi) is 4.29. The molecular formula is C12H13BrFN3S. The first kappa shape index (κ1) is 13.4. The Morgan fingerprint density at radius 3 is 2.89 bits per heavy atom. The van der Waals surface area contributed by atoms with Gasteiger partial charge in [0.25, 0.3) is 0 Å². The second-order valence-corrected chi connectivity index (χ2v) is 5.93. The van der Waals surface area contributed by atoms with E-state index in [0.717, 1.165) is 17.2 Å². The Balaban J connectivity index is 2.18. The van der Waals surface area contributed by atoms with E-state index in [9.17, 15) is 4.39 Å². The van der Waals surface area contributed by atoms with Crippen LogP contribution >= 0.6 is 27.5 Å². The zero-order valence-electron chi connectivity index (χ0n) is 10.1. The van der Waals surface area contributed by atoms with Crippen LogP contribution in [0.15, 0.2) is 22.7 Å². The molecule has 0 radical (unpaired) electrons. The molecule has 0 aliphatic heterocycles. The third-order valence-corrected chi connectivity index (χ3v) is 3.59. The third kappa shape index (κ3) is 3.26. The van der Waals surface area contributed by atoms with Crippen molar-refractivity contribution < 1.29 is 4.39 Å². The van der Waals surface area contributed by atoms with Crippen LogP contribution in [-0.4, -0.2) is 15.9 Å². The predicted octanol–water partition coefficient (Wildman–Crippen LogP) is 4.17. The van der Waals surface area contributed by atoms with Gasteiger partial charge in [0.2, 0.25) is 5.13 Å². The van der Waals surface area contributed by atoms with E-state index in [4.69, 9.17) is 0 Å². The van der Waals surface area contributed by atoms with Crippen molar-refractivity contribution >= 4 is 32.6 Å². The third-order valence-electron chi connectivity index (χ3n) is 2.26. The van der Waals surface area contributed by atoms with Crippen molar-refractivity contribution in [2.24, 2.45) is 5.92 Å². The minimum absolute atomic E-state index is 0.279. The molecule has 0 saturated heterocycles. The summed E-state index contributed by atoms with van der Waals surface area (Å²) in [5.41, 5.74) is 0.797. The zero-order valence-corrected chi connectivity index (χ0v) is 12.5. The lowest BCUT2D eigenvalue weighted by Gasteiger charge is -2.04. The number of nitrogens with zero attached hydrogens (tertiary/aromatic N) is 2. The normalized spacial score (nSPS) is 10.9. The predicted molar refractivity (Wildman–Crippen MR) is 76.3 cm³/mol. The van der Waals surface area contributed by atoms with E-state index in [1.807, 2.05) is 0 Å². The van der Waals surface area contributed by atoms with Crippen molar-refractivity contribution in [1.82, 2.24) is 9.36 Å². The van der Waals surface area contributed by atoms with Gasteiger partial charge in [-0.05, 0) is 40.0 Å². The van der Waals surface area contributed by atoms with Crippen LogP contribution in [0.25, 0.3) is 11.4 Å². The summed E-state index contributed by atoms with van der Waals surface area (Å²) in [5.74, 6) is 0.882. The first-order valence-corrected chi connectivity index (χ1v) is 7.16. The molecule has 0 amide bonds. The fourth-order valence-electron chi connectivity index (χ4n) is 1.37. The Labute approximate surface area is 118 Å². The van der Waals surface area contributed by atoms with Crippen LogP contribution in [0, 0.1) is 11.7 Å². The Morgan fingerprint density at radius 2 is 2.22 bits per heavy atom. The summed E-state index contributed by atoms with van der Waals surface area (Å²) in [6, 6.07) is 4.49. The van der Waals surface area contributed by atoms with E-state index in [1.165, 1.54) is 23.7 Å². The second-order valence-electron chi connectivity index (χ2n) is 4.32. The molecule has 0 fully saturated rings. The van der Waals surface area contributed by atoms with Crippen LogP contribution in [0.2, 0.25) is 0 Å². The molecule has 0 unspecified atom stereocenters. The highest BCUT2D eigenvalue weighted by molar-refractivity contribution is 9.10. The molecule has 6 heteroatoms. The number of hydrogen-bond acceptors (Lipinski definition) is 4. The van der Waals surface area contributed by atoms with Crippen LogP contribution in [-0.2, 0) is 0 Å². The van der Waals surface area contributed by atoms with Crippen LogP contribution in [0.4, 0.5) is 9.52 Å². The minimum atomic E-state index is -0.279. The maximum Gasteiger partial charge on any atom is 0.202 e. The van der Waals surface area contributed by atoms with Gasteiger partial charge in [-0.15, -0.1) is 0 Å². The smallest absolute Gasteiger partial charge is 0.202 e. The number of rotatable bonds is 4. The van der Waals surface area contributed by atoms with E-state index in [0.29, 0.717) is 16.2 Å². The van der Waals surface area contributed by atoms with Gasteiger partial charge in [-0.1, -0.05) is 13.8 Å². The molecular weight excluding hydrogens is 317 g/mol. The van der Waals surface area contributed by atoms with Gasteiger partial charge in [0.15, 0.2) is 5.82 Å². The second kappa shape index (κ2) is 5.75. The van der Waals surface area contributed by atoms with E-state index >= 15 is 0 Å². The fraction of sp³-hybridized carbons (Fsp3) is 0.333. The summed E-state index contributed by atoms with van der Waals surface area (Å²) in [4.78, 5) is 4.39. The van der Waals surface area contributed by atoms with Crippen LogP contribution in [0.1, 0.15) is 13.8 Å². The van der Waals surface area contributed by atoms with Gasteiger partial charge in [-0.2, -0.15) is 9.36 Å². The van der Waals surface area contributed by atoms with E-state index in [2.05, 4.69) is 44.5 Å². The minimum Gasteiger partial charge on any atom is -0.360 e. The highest BCUT2D eigenvalue weighted by atomic mass is 79.9.